The maximum absolute atomic E-state index is 12.8. The van der Waals surface area contributed by atoms with Crippen LogP contribution in [-0.4, -0.2) is 30.4 Å². The van der Waals surface area contributed by atoms with E-state index in [1.165, 1.54) is 4.90 Å². The number of ether oxygens (including phenoxy) is 1. The number of esters is 1. The third kappa shape index (κ3) is 4.00. The molecule has 6 heteroatoms. The average Bonchev–Trinajstić information content (AvgIpc) is 2.76. The van der Waals surface area contributed by atoms with E-state index in [4.69, 9.17) is 4.74 Å². The quantitative estimate of drug-likeness (QED) is 0.847. The van der Waals surface area contributed by atoms with Gasteiger partial charge < -0.3 is 15.0 Å². The van der Waals surface area contributed by atoms with Gasteiger partial charge >= 0.3 is 5.97 Å². The highest BCUT2D eigenvalue weighted by Gasteiger charge is 2.30. The van der Waals surface area contributed by atoms with Crippen LogP contribution in [0.1, 0.15) is 34.8 Å². The Hall–Kier alpha value is -3.15. The topological polar surface area (TPSA) is 75.7 Å². The molecule has 1 aliphatic heterocycles. The molecule has 0 unspecified atom stereocenters. The van der Waals surface area contributed by atoms with Crippen LogP contribution in [0.2, 0.25) is 0 Å². The summed E-state index contributed by atoms with van der Waals surface area (Å²) in [7, 11) is 0. The number of carbonyl (C=O) groups excluding carboxylic acids is 3. The first-order valence-corrected chi connectivity index (χ1v) is 8.82. The Kier molecular flexibility index (Phi) is 5.26. The summed E-state index contributed by atoms with van der Waals surface area (Å²) < 4.78 is 5.23. The van der Waals surface area contributed by atoms with Gasteiger partial charge in [-0.25, -0.2) is 4.79 Å². The number of hydrogen-bond acceptors (Lipinski definition) is 4. The van der Waals surface area contributed by atoms with Gasteiger partial charge in [0.25, 0.3) is 5.91 Å². The fraction of sp³-hybridized carbons (Fsp3) is 0.286. The molecule has 2 amide bonds. The van der Waals surface area contributed by atoms with Gasteiger partial charge in [0.15, 0.2) is 6.61 Å². The number of rotatable bonds is 3. The molecule has 1 heterocycles. The lowest BCUT2D eigenvalue weighted by molar-refractivity contribution is -0.122. The van der Waals surface area contributed by atoms with Gasteiger partial charge in [-0.2, -0.15) is 0 Å². The molecule has 27 heavy (non-hydrogen) atoms. The molecule has 0 saturated heterocycles. The Morgan fingerprint density at radius 2 is 1.89 bits per heavy atom. The van der Waals surface area contributed by atoms with Crippen molar-refractivity contribution in [2.75, 3.05) is 16.8 Å². The van der Waals surface area contributed by atoms with Gasteiger partial charge in [-0.1, -0.05) is 18.2 Å². The van der Waals surface area contributed by atoms with E-state index in [1.807, 2.05) is 19.9 Å². The van der Waals surface area contributed by atoms with Crippen LogP contribution >= 0.6 is 0 Å². The summed E-state index contributed by atoms with van der Waals surface area (Å²) >= 11 is 0. The van der Waals surface area contributed by atoms with Crippen molar-refractivity contribution >= 4 is 29.2 Å². The first kappa shape index (κ1) is 18.6. The van der Waals surface area contributed by atoms with Gasteiger partial charge in [0, 0.05) is 12.5 Å². The van der Waals surface area contributed by atoms with Gasteiger partial charge in [-0.05, 0) is 56.2 Å². The van der Waals surface area contributed by atoms with Gasteiger partial charge in [-0.15, -0.1) is 0 Å². The van der Waals surface area contributed by atoms with E-state index in [9.17, 15) is 14.4 Å². The number of benzene rings is 2. The molecule has 0 saturated carbocycles. The van der Waals surface area contributed by atoms with Crippen LogP contribution in [0.4, 0.5) is 11.4 Å². The second-order valence-electron chi connectivity index (χ2n) is 6.76. The number of amides is 2. The maximum atomic E-state index is 12.8. The lowest BCUT2D eigenvalue weighted by Gasteiger charge is -2.27. The molecule has 1 aliphatic rings. The van der Waals surface area contributed by atoms with Crippen LogP contribution in [0.3, 0.4) is 0 Å². The summed E-state index contributed by atoms with van der Waals surface area (Å²) in [6.45, 7) is 5.28. The monoisotopic (exact) mass is 366 g/mol. The molecule has 0 bridgehead atoms. The van der Waals surface area contributed by atoms with E-state index in [2.05, 4.69) is 5.32 Å². The molecule has 0 spiro atoms. The highest BCUT2D eigenvalue weighted by molar-refractivity contribution is 6.05. The van der Waals surface area contributed by atoms with Crippen molar-refractivity contribution in [1.29, 1.82) is 0 Å². The van der Waals surface area contributed by atoms with Crippen molar-refractivity contribution in [3.05, 3.63) is 59.2 Å². The molecular formula is C21H22N2O4. The average molecular weight is 366 g/mol. The highest BCUT2D eigenvalue weighted by atomic mass is 16.5. The van der Waals surface area contributed by atoms with E-state index in [0.29, 0.717) is 16.9 Å². The lowest BCUT2D eigenvalue weighted by Crippen LogP contribution is -2.41. The molecular weight excluding hydrogens is 344 g/mol. The molecule has 0 aliphatic carbocycles. The van der Waals surface area contributed by atoms with E-state index in [1.54, 1.807) is 43.3 Å². The summed E-state index contributed by atoms with van der Waals surface area (Å²) in [5, 5.41) is 2.80. The summed E-state index contributed by atoms with van der Waals surface area (Å²) in [5.41, 5.74) is 3.64. The predicted molar refractivity (Wildman–Crippen MR) is 103 cm³/mol. The number of fused-ring (bicyclic) bond motifs is 1. The first-order valence-electron chi connectivity index (χ1n) is 8.82. The van der Waals surface area contributed by atoms with Gasteiger partial charge in [0.1, 0.15) is 0 Å². The van der Waals surface area contributed by atoms with Crippen LogP contribution in [-0.2, 0) is 14.3 Å². The lowest BCUT2D eigenvalue weighted by atomic mass is 10.1. The van der Waals surface area contributed by atoms with E-state index < -0.39 is 12.6 Å². The Balaban J connectivity index is 1.76. The maximum Gasteiger partial charge on any atom is 0.338 e. The Bertz CT molecular complexity index is 907. The number of nitrogens with one attached hydrogen (secondary N) is 1. The molecule has 0 fully saturated rings. The predicted octanol–water partition coefficient (Wildman–Crippen LogP) is 3.22. The largest absolute Gasteiger partial charge is 0.452 e. The van der Waals surface area contributed by atoms with E-state index in [-0.39, 0.29) is 24.3 Å². The zero-order valence-electron chi connectivity index (χ0n) is 15.6. The normalized spacial score (nSPS) is 16.2. The molecule has 1 N–H and O–H groups in total. The van der Waals surface area contributed by atoms with Gasteiger partial charge in [0.05, 0.1) is 16.9 Å². The first-order chi connectivity index (χ1) is 12.9. The minimum absolute atomic E-state index is 0.155. The van der Waals surface area contributed by atoms with Gasteiger partial charge in [-0.3, -0.25) is 9.59 Å². The summed E-state index contributed by atoms with van der Waals surface area (Å²) in [6, 6.07) is 12.0. The second kappa shape index (κ2) is 7.61. The van der Waals surface area contributed by atoms with Crippen LogP contribution in [0.15, 0.2) is 42.5 Å². The number of nitrogens with zero attached hydrogens (tertiary/aromatic N) is 1. The van der Waals surface area contributed by atoms with Crippen molar-refractivity contribution < 1.29 is 19.1 Å². The third-order valence-corrected chi connectivity index (χ3v) is 4.70. The Morgan fingerprint density at radius 3 is 2.63 bits per heavy atom. The Morgan fingerprint density at radius 1 is 1.15 bits per heavy atom. The smallest absolute Gasteiger partial charge is 0.338 e. The molecule has 2 aromatic carbocycles. The fourth-order valence-corrected chi connectivity index (χ4v) is 3.12. The number of aryl methyl sites for hydroxylation is 2. The van der Waals surface area contributed by atoms with Crippen molar-refractivity contribution in [3.63, 3.8) is 0 Å². The van der Waals surface area contributed by atoms with Gasteiger partial charge in [0.2, 0.25) is 5.91 Å². The number of anilines is 2. The minimum atomic E-state index is -0.545. The van der Waals surface area contributed by atoms with Crippen LogP contribution < -0.4 is 10.2 Å². The van der Waals surface area contributed by atoms with Crippen molar-refractivity contribution in [2.24, 2.45) is 0 Å². The van der Waals surface area contributed by atoms with Crippen molar-refractivity contribution in [2.45, 2.75) is 33.2 Å². The molecule has 3 rings (SSSR count). The summed E-state index contributed by atoms with van der Waals surface area (Å²) in [6.07, 6.45) is 0.172. The second-order valence-corrected chi connectivity index (χ2v) is 6.76. The van der Waals surface area contributed by atoms with Crippen LogP contribution in [0.5, 0.6) is 0 Å². The molecule has 2 aromatic rings. The summed E-state index contributed by atoms with van der Waals surface area (Å²) in [4.78, 5) is 38.6. The minimum Gasteiger partial charge on any atom is -0.452 e. The van der Waals surface area contributed by atoms with Crippen LogP contribution in [0, 0.1) is 13.8 Å². The molecule has 0 radical (unpaired) electrons. The SMILES string of the molecule is Cc1ccc(C(=O)OCC(=O)N2c3ccccc3NC(=O)C[C@@H]2C)cc1C. The molecule has 1 atom stereocenters. The number of para-hydroxylation sites is 2. The highest BCUT2D eigenvalue weighted by Crippen LogP contribution is 2.31. The number of carbonyl (C=O) groups is 3. The fourth-order valence-electron chi connectivity index (χ4n) is 3.12. The van der Waals surface area contributed by atoms with E-state index in [0.717, 1.165) is 11.1 Å². The molecule has 0 aromatic heterocycles. The van der Waals surface area contributed by atoms with Crippen molar-refractivity contribution in [3.8, 4) is 0 Å². The standard InChI is InChI=1S/C21H22N2O4/c1-13-8-9-16(10-14(13)2)21(26)27-12-20(25)23-15(3)11-19(24)22-17-6-4-5-7-18(17)23/h4-10,15H,11-12H2,1-3H3,(H,22,24)/t15-/m0/s1. The van der Waals surface area contributed by atoms with E-state index >= 15 is 0 Å². The zero-order chi connectivity index (χ0) is 19.6. The van der Waals surface area contributed by atoms with Crippen LogP contribution in [0.25, 0.3) is 0 Å². The molecule has 6 nitrogen and oxygen atoms in total. The van der Waals surface area contributed by atoms with Crippen molar-refractivity contribution in [1.82, 2.24) is 0 Å². The number of hydrogen-bond donors (Lipinski definition) is 1. The molecule has 140 valence electrons. The zero-order valence-corrected chi connectivity index (χ0v) is 15.6. The third-order valence-electron chi connectivity index (χ3n) is 4.70. The summed E-state index contributed by atoms with van der Waals surface area (Å²) in [5.74, 6) is -1.07. The Labute approximate surface area is 158 Å².